The Bertz CT molecular complexity index is 928. The highest BCUT2D eigenvalue weighted by molar-refractivity contribution is 5.95. The van der Waals surface area contributed by atoms with E-state index >= 15 is 0 Å². The first-order valence-electron chi connectivity index (χ1n) is 11.1. The van der Waals surface area contributed by atoms with E-state index in [1.165, 1.54) is 0 Å². The number of nitrogens with zero attached hydrogens (tertiary/aromatic N) is 1. The Morgan fingerprint density at radius 1 is 1.10 bits per heavy atom. The second kappa shape index (κ2) is 9.52. The zero-order valence-corrected chi connectivity index (χ0v) is 18.3. The van der Waals surface area contributed by atoms with Crippen LogP contribution in [0.3, 0.4) is 0 Å². The molecule has 2 aromatic rings. The van der Waals surface area contributed by atoms with E-state index in [0.29, 0.717) is 18.7 Å². The SMILES string of the molecule is COc1ccc(CN(CC2NC(=O)C3CCCCC3N2)C(=O)c2ccccc2C)cc1. The topological polar surface area (TPSA) is 70.7 Å². The quantitative estimate of drug-likeness (QED) is 0.751. The largest absolute Gasteiger partial charge is 0.497 e. The smallest absolute Gasteiger partial charge is 0.254 e. The molecule has 0 spiro atoms. The lowest BCUT2D eigenvalue weighted by Crippen LogP contribution is -2.65. The maximum Gasteiger partial charge on any atom is 0.254 e. The van der Waals surface area contributed by atoms with Crippen LogP contribution in [-0.2, 0) is 11.3 Å². The van der Waals surface area contributed by atoms with Crippen LogP contribution >= 0.6 is 0 Å². The van der Waals surface area contributed by atoms with Gasteiger partial charge in [-0.1, -0.05) is 43.2 Å². The first-order chi connectivity index (χ1) is 15.0. The molecule has 6 heteroatoms. The van der Waals surface area contributed by atoms with Gasteiger partial charge < -0.3 is 15.0 Å². The maximum atomic E-state index is 13.5. The summed E-state index contributed by atoms with van der Waals surface area (Å²) >= 11 is 0. The summed E-state index contributed by atoms with van der Waals surface area (Å²) in [7, 11) is 1.64. The number of hydrogen-bond acceptors (Lipinski definition) is 4. The summed E-state index contributed by atoms with van der Waals surface area (Å²) in [6, 6.07) is 15.6. The summed E-state index contributed by atoms with van der Waals surface area (Å²) in [5, 5.41) is 6.70. The third-order valence-corrected chi connectivity index (χ3v) is 6.43. The third-order valence-electron chi connectivity index (χ3n) is 6.43. The molecule has 2 N–H and O–H groups in total. The van der Waals surface area contributed by atoms with Crippen molar-refractivity contribution in [1.29, 1.82) is 0 Å². The number of amides is 2. The molecule has 0 radical (unpaired) electrons. The van der Waals surface area contributed by atoms with Gasteiger partial charge in [-0.05, 0) is 49.1 Å². The van der Waals surface area contributed by atoms with E-state index in [1.54, 1.807) is 7.11 Å². The van der Waals surface area contributed by atoms with E-state index < -0.39 is 0 Å². The van der Waals surface area contributed by atoms with Crippen molar-refractivity contribution in [2.24, 2.45) is 5.92 Å². The van der Waals surface area contributed by atoms with Gasteiger partial charge in [-0.25, -0.2) is 0 Å². The van der Waals surface area contributed by atoms with Crippen molar-refractivity contribution in [3.63, 3.8) is 0 Å². The van der Waals surface area contributed by atoms with Crippen LogP contribution in [0.15, 0.2) is 48.5 Å². The highest BCUT2D eigenvalue weighted by atomic mass is 16.5. The maximum absolute atomic E-state index is 13.5. The molecule has 0 bridgehead atoms. The highest BCUT2D eigenvalue weighted by Crippen LogP contribution is 2.27. The molecule has 2 amide bonds. The zero-order valence-electron chi connectivity index (χ0n) is 18.3. The molecule has 6 nitrogen and oxygen atoms in total. The predicted molar refractivity (Wildman–Crippen MR) is 120 cm³/mol. The highest BCUT2D eigenvalue weighted by Gasteiger charge is 2.38. The van der Waals surface area contributed by atoms with Gasteiger partial charge in [0.1, 0.15) is 5.75 Å². The molecule has 4 rings (SSSR count). The number of benzene rings is 2. The molecule has 1 saturated carbocycles. The van der Waals surface area contributed by atoms with Gasteiger partial charge in [-0.3, -0.25) is 14.9 Å². The summed E-state index contributed by atoms with van der Waals surface area (Å²) in [5.74, 6) is 0.911. The Hall–Kier alpha value is -2.86. The molecule has 2 aliphatic rings. The lowest BCUT2D eigenvalue weighted by molar-refractivity contribution is -0.131. The molecule has 31 heavy (non-hydrogen) atoms. The fourth-order valence-electron chi connectivity index (χ4n) is 4.70. The van der Waals surface area contributed by atoms with Crippen molar-refractivity contribution in [1.82, 2.24) is 15.5 Å². The third kappa shape index (κ3) is 4.90. The van der Waals surface area contributed by atoms with Crippen molar-refractivity contribution >= 4 is 11.8 Å². The van der Waals surface area contributed by atoms with E-state index in [9.17, 15) is 9.59 Å². The lowest BCUT2D eigenvalue weighted by Gasteiger charge is -2.41. The Morgan fingerprint density at radius 2 is 1.84 bits per heavy atom. The molecule has 3 atom stereocenters. The van der Waals surface area contributed by atoms with Gasteiger partial charge >= 0.3 is 0 Å². The van der Waals surface area contributed by atoms with E-state index in [2.05, 4.69) is 10.6 Å². The summed E-state index contributed by atoms with van der Waals surface area (Å²) in [5.41, 5.74) is 2.65. The van der Waals surface area contributed by atoms with Gasteiger partial charge in [0, 0.05) is 18.2 Å². The van der Waals surface area contributed by atoms with Crippen molar-refractivity contribution in [2.75, 3.05) is 13.7 Å². The molecule has 164 valence electrons. The second-order valence-corrected chi connectivity index (χ2v) is 8.57. The molecule has 2 aromatic carbocycles. The van der Waals surface area contributed by atoms with Crippen LogP contribution in [0.2, 0.25) is 0 Å². The average Bonchev–Trinajstić information content (AvgIpc) is 2.79. The Balaban J connectivity index is 1.55. The molecule has 0 aromatic heterocycles. The first kappa shape index (κ1) is 21.4. The summed E-state index contributed by atoms with van der Waals surface area (Å²) < 4.78 is 5.25. The van der Waals surface area contributed by atoms with Crippen LogP contribution in [0.4, 0.5) is 0 Å². The molecule has 3 unspecified atom stereocenters. The van der Waals surface area contributed by atoms with Gasteiger partial charge in [0.25, 0.3) is 5.91 Å². The van der Waals surface area contributed by atoms with E-state index in [-0.39, 0.29) is 29.9 Å². The second-order valence-electron chi connectivity index (χ2n) is 8.57. The van der Waals surface area contributed by atoms with Crippen molar-refractivity contribution < 1.29 is 14.3 Å². The molecule has 1 aliphatic carbocycles. The molecule has 1 saturated heterocycles. The lowest BCUT2D eigenvalue weighted by atomic mass is 9.82. The number of rotatable bonds is 6. The van der Waals surface area contributed by atoms with Gasteiger partial charge in [0.05, 0.1) is 25.7 Å². The summed E-state index contributed by atoms with van der Waals surface area (Å²) in [4.78, 5) is 28.0. The van der Waals surface area contributed by atoms with Crippen LogP contribution < -0.4 is 15.4 Å². The van der Waals surface area contributed by atoms with Crippen LogP contribution in [0.5, 0.6) is 5.75 Å². The normalized spacial score (nSPS) is 22.9. The number of ether oxygens (including phenoxy) is 1. The zero-order chi connectivity index (χ0) is 21.8. The Labute approximate surface area is 184 Å². The Kier molecular flexibility index (Phi) is 6.56. The minimum atomic E-state index is -0.252. The summed E-state index contributed by atoms with van der Waals surface area (Å²) in [6.07, 6.45) is 3.95. The molecule has 1 heterocycles. The van der Waals surface area contributed by atoms with E-state index in [4.69, 9.17) is 4.74 Å². The van der Waals surface area contributed by atoms with Crippen LogP contribution in [0.25, 0.3) is 0 Å². The number of carbonyl (C=O) groups excluding carboxylic acids is 2. The number of methoxy groups -OCH3 is 1. The number of nitrogens with one attached hydrogen (secondary N) is 2. The van der Waals surface area contributed by atoms with Crippen molar-refractivity contribution in [3.8, 4) is 5.75 Å². The van der Waals surface area contributed by atoms with Crippen LogP contribution in [-0.4, -0.2) is 42.6 Å². The van der Waals surface area contributed by atoms with Gasteiger partial charge in [0.2, 0.25) is 5.91 Å². The van der Waals surface area contributed by atoms with Crippen molar-refractivity contribution in [3.05, 3.63) is 65.2 Å². The molecular formula is C25H31N3O3. The molecular weight excluding hydrogens is 390 g/mol. The van der Waals surface area contributed by atoms with Crippen molar-refractivity contribution in [2.45, 2.75) is 51.4 Å². The van der Waals surface area contributed by atoms with Crippen LogP contribution in [0.1, 0.15) is 47.2 Å². The van der Waals surface area contributed by atoms with Gasteiger partial charge in [-0.15, -0.1) is 0 Å². The van der Waals surface area contributed by atoms with Gasteiger partial charge in [-0.2, -0.15) is 0 Å². The monoisotopic (exact) mass is 421 g/mol. The number of carbonyl (C=O) groups is 2. The Morgan fingerprint density at radius 3 is 2.58 bits per heavy atom. The molecule has 1 aliphatic heterocycles. The molecule has 2 fully saturated rings. The van der Waals surface area contributed by atoms with Crippen LogP contribution in [0, 0.1) is 12.8 Å². The average molecular weight is 422 g/mol. The van der Waals surface area contributed by atoms with E-state index in [0.717, 1.165) is 42.6 Å². The fraction of sp³-hybridized carbons (Fsp3) is 0.440. The predicted octanol–water partition coefficient (Wildman–Crippen LogP) is 3.25. The number of fused-ring (bicyclic) bond motifs is 1. The standard InChI is InChI=1S/C25H31N3O3/c1-17-7-3-4-8-20(17)25(30)28(15-18-11-13-19(31-2)14-12-18)16-23-26-22-10-6-5-9-21(22)24(29)27-23/h3-4,7-8,11-14,21-23,26H,5-6,9-10,15-16H2,1-2H3,(H,27,29). The first-order valence-corrected chi connectivity index (χ1v) is 11.1. The number of hydrogen-bond donors (Lipinski definition) is 2. The fourth-order valence-corrected chi connectivity index (χ4v) is 4.70. The minimum absolute atomic E-state index is 0.0317. The van der Waals surface area contributed by atoms with Gasteiger partial charge in [0.15, 0.2) is 0 Å². The number of aryl methyl sites for hydroxylation is 1. The summed E-state index contributed by atoms with van der Waals surface area (Å²) in [6.45, 7) is 2.82. The minimum Gasteiger partial charge on any atom is -0.497 e. The van der Waals surface area contributed by atoms with E-state index in [1.807, 2.05) is 60.4 Å².